The molecule has 7 heteroatoms. The molecule has 0 heterocycles. The molecule has 0 radical (unpaired) electrons. The fraction of sp³-hybridized carbons (Fsp3) is 0.714. The molecule has 4 nitrogen and oxygen atoms in total. The Bertz CT molecular complexity index is 282. The van der Waals surface area contributed by atoms with E-state index in [1.165, 1.54) is 18.5 Å². The first-order valence-corrected chi connectivity index (χ1v) is 9.61. The molecule has 0 bridgehead atoms. The largest absolute Gasteiger partial charge is 1.00 e. The van der Waals surface area contributed by atoms with E-state index >= 15 is 0 Å². The average molecular weight is 519 g/mol. The molecule has 0 aliphatic rings. The summed E-state index contributed by atoms with van der Waals surface area (Å²) in [6, 6.07) is 0. The van der Waals surface area contributed by atoms with Crippen LogP contribution in [0.15, 0.2) is 11.0 Å². The summed E-state index contributed by atoms with van der Waals surface area (Å²) in [4.78, 5) is 22.1. The Kier molecular flexibility index (Phi) is 22.4. The van der Waals surface area contributed by atoms with Gasteiger partial charge in [0.2, 0.25) is 0 Å². The minimum absolute atomic E-state index is 0. The van der Waals surface area contributed by atoms with Gasteiger partial charge in [-0.1, -0.05) is 0 Å². The molecule has 0 spiro atoms. The van der Waals surface area contributed by atoms with Gasteiger partial charge in [0.15, 0.2) is 0 Å². The van der Waals surface area contributed by atoms with Crippen molar-refractivity contribution >= 4 is 32.5 Å². The first-order valence-electron chi connectivity index (χ1n) is 7.01. The third-order valence-electron chi connectivity index (χ3n) is 2.61. The second kappa shape index (κ2) is 18.1. The van der Waals surface area contributed by atoms with E-state index in [0.29, 0.717) is 0 Å². The summed E-state index contributed by atoms with van der Waals surface area (Å²) in [6.45, 7) is 10.6. The SMILES string of the molecule is CCOC(=O)C(=C[S-])C(=O)OCC.CC[PH+](CC)CC.[Au+]. The summed E-state index contributed by atoms with van der Waals surface area (Å²) in [5.74, 6) is -1.48. The third kappa shape index (κ3) is 13.5. The molecule has 0 saturated carbocycles. The van der Waals surface area contributed by atoms with Gasteiger partial charge in [0.25, 0.3) is 0 Å². The van der Waals surface area contributed by atoms with Crippen LogP contribution in [0.1, 0.15) is 34.6 Å². The van der Waals surface area contributed by atoms with Crippen LogP contribution in [0.25, 0.3) is 0 Å². The van der Waals surface area contributed by atoms with Crippen LogP contribution in [0.2, 0.25) is 0 Å². The van der Waals surface area contributed by atoms with E-state index < -0.39 is 11.9 Å². The maximum atomic E-state index is 11.0. The minimum Gasteiger partial charge on any atom is -0.786 e. The van der Waals surface area contributed by atoms with Gasteiger partial charge in [0.1, 0.15) is 5.57 Å². The van der Waals surface area contributed by atoms with Crippen LogP contribution < -0.4 is 0 Å². The van der Waals surface area contributed by atoms with E-state index in [-0.39, 0.29) is 49.1 Å². The monoisotopic (exact) mass is 519 g/mol. The van der Waals surface area contributed by atoms with Crippen molar-refractivity contribution in [3.63, 3.8) is 0 Å². The number of hydrogen-bond acceptors (Lipinski definition) is 5. The summed E-state index contributed by atoms with van der Waals surface area (Å²) >= 11 is 4.49. The average Bonchev–Trinajstić information content (AvgIpc) is 2.43. The van der Waals surface area contributed by atoms with Crippen LogP contribution >= 0.6 is 7.92 Å². The number of rotatable bonds is 7. The quantitative estimate of drug-likeness (QED) is 0.0986. The molecular formula is C14H27AuO4PS+. The van der Waals surface area contributed by atoms with E-state index in [1.807, 2.05) is 0 Å². The smallest absolute Gasteiger partial charge is 0.786 e. The molecule has 128 valence electrons. The molecule has 0 aromatic rings. The van der Waals surface area contributed by atoms with Crippen molar-refractivity contribution < 1.29 is 41.4 Å². The number of esters is 2. The van der Waals surface area contributed by atoms with Gasteiger partial charge in [0.05, 0.1) is 31.7 Å². The number of ether oxygens (including phenoxy) is 2. The fourth-order valence-corrected chi connectivity index (χ4v) is 3.04. The van der Waals surface area contributed by atoms with Crippen molar-refractivity contribution in [1.29, 1.82) is 0 Å². The molecule has 0 unspecified atom stereocenters. The molecular weight excluding hydrogens is 492 g/mol. The van der Waals surface area contributed by atoms with Gasteiger partial charge in [-0.3, -0.25) is 0 Å². The Labute approximate surface area is 151 Å². The van der Waals surface area contributed by atoms with Crippen LogP contribution in [0.4, 0.5) is 0 Å². The molecule has 0 aromatic carbocycles. The first kappa shape index (κ1) is 26.0. The van der Waals surface area contributed by atoms with Crippen LogP contribution in [0, 0.1) is 0 Å². The second-order valence-electron chi connectivity index (χ2n) is 3.78. The van der Waals surface area contributed by atoms with E-state index in [2.05, 4.69) is 42.9 Å². The minimum atomic E-state index is -0.740. The van der Waals surface area contributed by atoms with Crippen molar-refractivity contribution in [2.75, 3.05) is 31.7 Å². The predicted molar refractivity (Wildman–Crippen MR) is 88.7 cm³/mol. The van der Waals surface area contributed by atoms with Crippen molar-refractivity contribution in [3.05, 3.63) is 11.0 Å². The molecule has 0 rings (SSSR count). The zero-order valence-electron chi connectivity index (χ0n) is 13.5. The van der Waals surface area contributed by atoms with Crippen molar-refractivity contribution in [2.45, 2.75) is 34.6 Å². The Morgan fingerprint density at radius 1 is 0.905 bits per heavy atom. The van der Waals surface area contributed by atoms with Gasteiger partial charge >= 0.3 is 34.3 Å². The van der Waals surface area contributed by atoms with Crippen LogP contribution in [0.3, 0.4) is 0 Å². The molecule has 0 aromatic heterocycles. The number of hydrogen-bond donors (Lipinski definition) is 0. The summed E-state index contributed by atoms with van der Waals surface area (Å²) in [7, 11) is 0.137. The third-order valence-corrected chi connectivity index (χ3v) is 5.84. The molecule has 21 heavy (non-hydrogen) atoms. The van der Waals surface area contributed by atoms with Crippen LogP contribution in [-0.2, 0) is 54.1 Å². The van der Waals surface area contributed by atoms with Crippen LogP contribution in [0.5, 0.6) is 0 Å². The maximum Gasteiger partial charge on any atom is 1.00 e. The van der Waals surface area contributed by atoms with E-state index in [1.54, 1.807) is 13.8 Å². The summed E-state index contributed by atoms with van der Waals surface area (Å²) in [5.41, 5.74) is -0.237. The molecule has 0 aliphatic heterocycles. The fourth-order valence-electron chi connectivity index (χ4n) is 1.35. The van der Waals surface area contributed by atoms with Crippen LogP contribution in [-0.4, -0.2) is 43.6 Å². The Morgan fingerprint density at radius 2 is 1.24 bits per heavy atom. The maximum absolute atomic E-state index is 11.0. The topological polar surface area (TPSA) is 52.6 Å². The zero-order chi connectivity index (χ0) is 16.0. The molecule has 0 amide bonds. The Balaban J connectivity index is -0.000000347. The number of carbonyl (C=O) groups is 2. The standard InChI is InChI=1S/C8H12O4S.C6H15P.Au/c1-3-11-7(9)6(5-13)8(10)12-4-2;1-4-7(5-2)6-3;/h5,13H,3-4H2,1-2H3;4-6H2,1-3H3;/q;;+1. The molecule has 0 saturated heterocycles. The first-order chi connectivity index (χ1) is 9.51. The summed E-state index contributed by atoms with van der Waals surface area (Å²) in [6.07, 6.45) is 4.37. The molecule has 0 fully saturated rings. The van der Waals surface area contributed by atoms with Gasteiger partial charge in [-0.05, 0) is 42.5 Å². The Morgan fingerprint density at radius 3 is 1.38 bits per heavy atom. The van der Waals surface area contributed by atoms with E-state index in [4.69, 9.17) is 0 Å². The number of carbonyl (C=O) groups excluding carboxylic acids is 2. The van der Waals surface area contributed by atoms with Crippen molar-refractivity contribution in [1.82, 2.24) is 0 Å². The van der Waals surface area contributed by atoms with Gasteiger partial charge < -0.3 is 22.1 Å². The van der Waals surface area contributed by atoms with Gasteiger partial charge in [-0.2, -0.15) is 5.41 Å². The molecule has 0 N–H and O–H groups in total. The summed E-state index contributed by atoms with van der Waals surface area (Å²) < 4.78 is 9.18. The molecule has 0 aliphatic carbocycles. The van der Waals surface area contributed by atoms with Crippen molar-refractivity contribution in [2.24, 2.45) is 0 Å². The van der Waals surface area contributed by atoms with E-state index in [9.17, 15) is 9.59 Å². The summed E-state index contributed by atoms with van der Waals surface area (Å²) in [5, 5.41) is 0.968. The van der Waals surface area contributed by atoms with Gasteiger partial charge in [0, 0.05) is 0 Å². The predicted octanol–water partition coefficient (Wildman–Crippen LogP) is 2.80. The van der Waals surface area contributed by atoms with Gasteiger partial charge in [-0.25, -0.2) is 9.59 Å². The molecule has 0 atom stereocenters. The normalized spacial score (nSPS) is 8.86. The second-order valence-corrected chi connectivity index (χ2v) is 7.64. The van der Waals surface area contributed by atoms with Gasteiger partial charge in [-0.15, -0.1) is 0 Å². The zero-order valence-corrected chi connectivity index (χ0v) is 17.4. The Hall–Kier alpha value is 0.0703. The van der Waals surface area contributed by atoms with E-state index in [0.717, 1.165) is 5.41 Å². The van der Waals surface area contributed by atoms with Crippen molar-refractivity contribution in [3.8, 4) is 0 Å².